The summed E-state index contributed by atoms with van der Waals surface area (Å²) in [6.45, 7) is 2.62. The van der Waals surface area contributed by atoms with E-state index in [0.717, 1.165) is 23.4 Å². The Morgan fingerprint density at radius 2 is 2.12 bits per heavy atom. The van der Waals surface area contributed by atoms with Crippen LogP contribution in [0.15, 0.2) is 17.5 Å². The number of anilines is 1. The minimum atomic E-state index is -0.260. The van der Waals surface area contributed by atoms with Crippen molar-refractivity contribution in [2.24, 2.45) is 5.92 Å². The summed E-state index contributed by atoms with van der Waals surface area (Å²) in [5.41, 5.74) is 0.897. The van der Waals surface area contributed by atoms with E-state index >= 15 is 0 Å². The molecular weight excluding hydrogens is 354 g/mol. The molecule has 0 bridgehead atoms. The van der Waals surface area contributed by atoms with E-state index in [0.29, 0.717) is 24.1 Å². The third kappa shape index (κ3) is 3.48. The Balaban J connectivity index is 1.39. The Morgan fingerprint density at radius 3 is 2.84 bits per heavy atom. The first-order valence-electron chi connectivity index (χ1n) is 8.73. The highest BCUT2D eigenvalue weighted by atomic mass is 32.1. The average molecular weight is 376 g/mol. The third-order valence-corrected chi connectivity index (χ3v) is 6.80. The van der Waals surface area contributed by atoms with Gasteiger partial charge in [-0.1, -0.05) is 12.8 Å². The van der Waals surface area contributed by atoms with Gasteiger partial charge >= 0.3 is 0 Å². The largest absolute Gasteiger partial charge is 0.339 e. The van der Waals surface area contributed by atoms with Gasteiger partial charge in [0.2, 0.25) is 11.8 Å². The zero-order chi connectivity index (χ0) is 17.4. The summed E-state index contributed by atoms with van der Waals surface area (Å²) in [7, 11) is 0. The number of nitrogens with zero attached hydrogens (tertiary/aromatic N) is 2. The fraction of sp³-hybridized carbons (Fsp3) is 0.500. The van der Waals surface area contributed by atoms with Gasteiger partial charge in [-0.2, -0.15) is 0 Å². The number of likely N-dealkylation sites (tertiary alicyclic amines) is 1. The Kier molecular flexibility index (Phi) is 4.60. The maximum atomic E-state index is 12.5. The second kappa shape index (κ2) is 6.88. The van der Waals surface area contributed by atoms with Crippen LogP contribution in [0.25, 0.3) is 10.6 Å². The summed E-state index contributed by atoms with van der Waals surface area (Å²) < 4.78 is 0. The molecule has 4 rings (SSSR count). The number of aromatic nitrogens is 1. The first-order chi connectivity index (χ1) is 12.1. The predicted octanol–water partition coefficient (Wildman–Crippen LogP) is 3.91. The Bertz CT molecular complexity index is 792. The molecule has 1 aliphatic heterocycles. The monoisotopic (exact) mass is 375 g/mol. The summed E-state index contributed by atoms with van der Waals surface area (Å²) in [6.07, 6.45) is 4.86. The van der Waals surface area contributed by atoms with E-state index in [9.17, 15) is 9.59 Å². The van der Waals surface area contributed by atoms with Gasteiger partial charge in [0.1, 0.15) is 0 Å². The van der Waals surface area contributed by atoms with Crippen molar-refractivity contribution in [3.05, 3.63) is 22.4 Å². The van der Waals surface area contributed by atoms with Crippen LogP contribution < -0.4 is 5.32 Å². The van der Waals surface area contributed by atoms with E-state index in [4.69, 9.17) is 0 Å². The molecule has 2 amide bonds. The van der Waals surface area contributed by atoms with Crippen molar-refractivity contribution in [2.45, 2.75) is 45.1 Å². The summed E-state index contributed by atoms with van der Waals surface area (Å²) in [4.78, 5) is 33.6. The Labute approximate surface area is 155 Å². The minimum Gasteiger partial charge on any atom is -0.339 e. The average Bonchev–Trinajstić information content (AvgIpc) is 3.32. The van der Waals surface area contributed by atoms with E-state index in [1.807, 2.05) is 10.3 Å². The summed E-state index contributed by atoms with van der Waals surface area (Å²) in [5, 5.41) is 5.48. The van der Waals surface area contributed by atoms with Crippen molar-refractivity contribution in [1.29, 1.82) is 0 Å². The molecule has 2 aromatic heterocycles. The van der Waals surface area contributed by atoms with E-state index in [1.165, 1.54) is 29.1 Å². The lowest BCUT2D eigenvalue weighted by atomic mass is 10.1. The van der Waals surface area contributed by atoms with Crippen LogP contribution in [0.4, 0.5) is 5.13 Å². The molecule has 0 aromatic carbocycles. The number of aryl methyl sites for hydroxylation is 1. The molecular formula is C18H21N3O2S2. The first-order valence-corrected chi connectivity index (χ1v) is 10.4. The number of carbonyl (C=O) groups is 2. The van der Waals surface area contributed by atoms with E-state index in [1.54, 1.807) is 11.3 Å². The van der Waals surface area contributed by atoms with Crippen molar-refractivity contribution < 1.29 is 9.59 Å². The molecule has 1 saturated heterocycles. The summed E-state index contributed by atoms with van der Waals surface area (Å²) in [6, 6.07) is 4.47. The fourth-order valence-electron chi connectivity index (χ4n) is 3.70. The molecule has 0 radical (unpaired) electrons. The number of hydrogen-bond donors (Lipinski definition) is 1. The van der Waals surface area contributed by atoms with Gasteiger partial charge in [-0.05, 0) is 31.9 Å². The lowest BCUT2D eigenvalue weighted by Crippen LogP contribution is -2.35. The van der Waals surface area contributed by atoms with Crippen molar-refractivity contribution >= 4 is 39.6 Å². The number of thiophene rings is 1. The second-order valence-electron chi connectivity index (χ2n) is 6.82. The van der Waals surface area contributed by atoms with Gasteiger partial charge < -0.3 is 10.2 Å². The van der Waals surface area contributed by atoms with Gasteiger partial charge in [0.05, 0.1) is 16.5 Å². The van der Waals surface area contributed by atoms with Gasteiger partial charge in [-0.15, -0.1) is 22.7 Å². The molecule has 7 heteroatoms. The molecule has 1 aliphatic carbocycles. The van der Waals surface area contributed by atoms with Crippen LogP contribution in [0.2, 0.25) is 0 Å². The van der Waals surface area contributed by atoms with Gasteiger partial charge in [0.15, 0.2) is 5.13 Å². The van der Waals surface area contributed by atoms with Gasteiger partial charge in [-0.25, -0.2) is 4.98 Å². The predicted molar refractivity (Wildman–Crippen MR) is 101 cm³/mol. The van der Waals surface area contributed by atoms with Crippen LogP contribution in [-0.4, -0.2) is 34.3 Å². The van der Waals surface area contributed by atoms with E-state index in [-0.39, 0.29) is 17.7 Å². The van der Waals surface area contributed by atoms with Crippen LogP contribution in [0, 0.1) is 12.8 Å². The Morgan fingerprint density at radius 1 is 1.32 bits per heavy atom. The zero-order valence-electron chi connectivity index (χ0n) is 14.2. The van der Waals surface area contributed by atoms with Crippen molar-refractivity contribution in [3.8, 4) is 10.6 Å². The highest BCUT2D eigenvalue weighted by Crippen LogP contribution is 2.32. The highest BCUT2D eigenvalue weighted by Gasteiger charge is 2.38. The minimum absolute atomic E-state index is 0.0860. The summed E-state index contributed by atoms with van der Waals surface area (Å²) in [5.74, 6) is -0.220. The van der Waals surface area contributed by atoms with Gasteiger partial charge in [0, 0.05) is 29.3 Å². The maximum absolute atomic E-state index is 12.5. The molecule has 3 heterocycles. The van der Waals surface area contributed by atoms with Crippen LogP contribution in [0.1, 0.15) is 37.0 Å². The van der Waals surface area contributed by atoms with Gasteiger partial charge in [-0.3, -0.25) is 9.59 Å². The van der Waals surface area contributed by atoms with E-state index in [2.05, 4.69) is 29.4 Å². The number of amides is 2. The summed E-state index contributed by atoms with van der Waals surface area (Å²) >= 11 is 3.13. The number of thiazole rings is 1. The molecule has 2 aliphatic rings. The molecule has 25 heavy (non-hydrogen) atoms. The lowest BCUT2D eigenvalue weighted by molar-refractivity contribution is -0.129. The quantitative estimate of drug-likeness (QED) is 0.881. The SMILES string of the molecule is Cc1ccc(-c2csc(NC(=O)C3CC(=O)N(C4CCCC4)C3)n2)s1. The maximum Gasteiger partial charge on any atom is 0.231 e. The molecule has 0 spiro atoms. The van der Waals surface area contributed by atoms with Crippen LogP contribution in [0.5, 0.6) is 0 Å². The standard InChI is InChI=1S/C18H21N3O2S2/c1-11-6-7-15(25-11)14-10-24-18(19-14)20-17(23)12-8-16(22)21(9-12)13-4-2-3-5-13/h6-7,10,12-13H,2-5,8-9H2,1H3,(H,19,20,23). The molecule has 1 atom stereocenters. The topological polar surface area (TPSA) is 62.3 Å². The fourth-order valence-corrected chi connectivity index (χ4v) is 5.32. The normalized spacial score (nSPS) is 21.2. The third-order valence-electron chi connectivity index (χ3n) is 5.02. The molecule has 1 saturated carbocycles. The number of carbonyl (C=O) groups excluding carboxylic acids is 2. The molecule has 2 aromatic rings. The molecule has 1 unspecified atom stereocenters. The van der Waals surface area contributed by atoms with Gasteiger partial charge in [0.25, 0.3) is 0 Å². The zero-order valence-corrected chi connectivity index (χ0v) is 15.8. The molecule has 2 fully saturated rings. The number of nitrogens with one attached hydrogen (secondary N) is 1. The van der Waals surface area contributed by atoms with Crippen LogP contribution in [0.3, 0.4) is 0 Å². The van der Waals surface area contributed by atoms with Crippen LogP contribution in [-0.2, 0) is 9.59 Å². The highest BCUT2D eigenvalue weighted by molar-refractivity contribution is 7.17. The van der Waals surface area contributed by atoms with Crippen molar-refractivity contribution in [3.63, 3.8) is 0 Å². The molecule has 132 valence electrons. The first kappa shape index (κ1) is 16.7. The van der Waals surface area contributed by atoms with E-state index < -0.39 is 0 Å². The smallest absolute Gasteiger partial charge is 0.231 e. The molecule has 5 nitrogen and oxygen atoms in total. The van der Waals surface area contributed by atoms with Crippen molar-refractivity contribution in [2.75, 3.05) is 11.9 Å². The van der Waals surface area contributed by atoms with Crippen molar-refractivity contribution in [1.82, 2.24) is 9.88 Å². The van der Waals surface area contributed by atoms with Crippen LogP contribution >= 0.6 is 22.7 Å². The second-order valence-corrected chi connectivity index (χ2v) is 8.97. The number of hydrogen-bond acceptors (Lipinski definition) is 5. The lowest BCUT2D eigenvalue weighted by Gasteiger charge is -2.23. The number of rotatable bonds is 4. The molecule has 1 N–H and O–H groups in total. The Hall–Kier alpha value is -1.73.